The van der Waals surface area contributed by atoms with Gasteiger partial charge < -0.3 is 24.5 Å². The maximum absolute atomic E-state index is 14.8. The SMILES string of the molecule is C=CCN(C(=O)[C@H]1[C@H]2C(=O)N([C@@H](CC)CO)C(C(=O)N(CC=C)c3ccccc3Cl)C23CC(Br)[C@@H]1S3)c1ccc(OCC)cc1. The first kappa shape index (κ1) is 33.6. The molecule has 11 heteroatoms. The summed E-state index contributed by atoms with van der Waals surface area (Å²) in [6.07, 6.45) is 4.26. The van der Waals surface area contributed by atoms with Crippen LogP contribution in [0.15, 0.2) is 73.8 Å². The van der Waals surface area contributed by atoms with E-state index in [1.54, 1.807) is 62.9 Å². The average Bonchev–Trinajstić information content (AvgIpc) is 3.63. The van der Waals surface area contributed by atoms with Gasteiger partial charge in [0.1, 0.15) is 11.8 Å². The molecule has 2 bridgehead atoms. The predicted molar refractivity (Wildman–Crippen MR) is 184 cm³/mol. The smallest absolute Gasteiger partial charge is 0.251 e. The summed E-state index contributed by atoms with van der Waals surface area (Å²) in [6, 6.07) is 12.9. The zero-order valence-electron chi connectivity index (χ0n) is 25.5. The van der Waals surface area contributed by atoms with Crippen molar-refractivity contribution in [3.8, 4) is 5.75 Å². The van der Waals surface area contributed by atoms with Gasteiger partial charge in [-0.25, -0.2) is 0 Å². The lowest BCUT2D eigenvalue weighted by Crippen LogP contribution is -2.58. The molecule has 2 aromatic carbocycles. The quantitative estimate of drug-likeness (QED) is 0.211. The fourth-order valence-electron chi connectivity index (χ4n) is 7.21. The molecule has 3 unspecified atom stereocenters. The highest BCUT2D eigenvalue weighted by atomic mass is 79.9. The Morgan fingerprint density at radius 3 is 2.40 bits per heavy atom. The summed E-state index contributed by atoms with van der Waals surface area (Å²) in [7, 11) is 0. The highest BCUT2D eigenvalue weighted by molar-refractivity contribution is 9.09. The minimum absolute atomic E-state index is 0.107. The Kier molecular flexibility index (Phi) is 10.4. The highest BCUT2D eigenvalue weighted by Crippen LogP contribution is 2.68. The number of hydrogen-bond acceptors (Lipinski definition) is 6. The molecule has 3 heterocycles. The van der Waals surface area contributed by atoms with Gasteiger partial charge in [-0.3, -0.25) is 14.4 Å². The largest absolute Gasteiger partial charge is 0.494 e. The Bertz CT molecular complexity index is 1460. The summed E-state index contributed by atoms with van der Waals surface area (Å²) in [5.74, 6) is -1.53. The number of thioether (sulfide) groups is 1. The van der Waals surface area contributed by atoms with Crippen LogP contribution in [-0.2, 0) is 14.4 Å². The summed E-state index contributed by atoms with van der Waals surface area (Å²) in [4.78, 5) is 48.8. The lowest BCUT2D eigenvalue weighted by molar-refractivity contribution is -0.141. The lowest BCUT2D eigenvalue weighted by Gasteiger charge is -2.40. The zero-order chi connectivity index (χ0) is 32.5. The van der Waals surface area contributed by atoms with Crippen LogP contribution in [0.1, 0.15) is 26.7 Å². The predicted octanol–water partition coefficient (Wildman–Crippen LogP) is 5.71. The van der Waals surface area contributed by atoms with Crippen LogP contribution in [0.3, 0.4) is 0 Å². The number of carbonyl (C=O) groups excluding carboxylic acids is 3. The Hall–Kier alpha value is -2.79. The van der Waals surface area contributed by atoms with Crippen LogP contribution in [0.4, 0.5) is 11.4 Å². The van der Waals surface area contributed by atoms with Crippen LogP contribution in [0.2, 0.25) is 5.02 Å². The van der Waals surface area contributed by atoms with E-state index < -0.39 is 28.7 Å². The molecule has 0 saturated carbocycles. The van der Waals surface area contributed by atoms with Crippen LogP contribution in [0.25, 0.3) is 0 Å². The van der Waals surface area contributed by atoms with Gasteiger partial charge in [0.05, 0.1) is 46.5 Å². The van der Waals surface area contributed by atoms with Gasteiger partial charge in [0.15, 0.2) is 0 Å². The van der Waals surface area contributed by atoms with Gasteiger partial charge >= 0.3 is 0 Å². The number of aliphatic hydroxyl groups excluding tert-OH is 1. The Morgan fingerprint density at radius 1 is 1.13 bits per heavy atom. The minimum atomic E-state index is -0.922. The Labute approximate surface area is 282 Å². The summed E-state index contributed by atoms with van der Waals surface area (Å²) in [5, 5.41) is 10.6. The second kappa shape index (κ2) is 13.9. The Balaban J connectivity index is 1.60. The molecule has 7 atom stereocenters. The number of hydrogen-bond donors (Lipinski definition) is 1. The van der Waals surface area contributed by atoms with E-state index in [0.717, 1.165) is 0 Å². The highest BCUT2D eigenvalue weighted by Gasteiger charge is 2.76. The first-order valence-electron chi connectivity index (χ1n) is 15.3. The van der Waals surface area contributed by atoms with Crippen LogP contribution >= 0.6 is 39.3 Å². The molecular formula is C34H39BrClN3O5S. The van der Waals surface area contributed by atoms with Gasteiger partial charge in [0, 0.05) is 28.9 Å². The number of benzene rings is 2. The van der Waals surface area contributed by atoms with E-state index in [-0.39, 0.29) is 47.5 Å². The van der Waals surface area contributed by atoms with Crippen molar-refractivity contribution < 1.29 is 24.2 Å². The third kappa shape index (κ3) is 5.72. The molecule has 2 aromatic rings. The summed E-state index contributed by atoms with van der Waals surface area (Å²) >= 11 is 12.0. The number of aliphatic hydroxyl groups is 1. The van der Waals surface area contributed by atoms with Crippen LogP contribution in [0.5, 0.6) is 5.75 Å². The van der Waals surface area contributed by atoms with E-state index in [0.29, 0.717) is 41.6 Å². The molecule has 45 heavy (non-hydrogen) atoms. The van der Waals surface area contributed by atoms with Crippen LogP contribution < -0.4 is 14.5 Å². The normalized spacial score (nSPS) is 27.2. The molecule has 8 nitrogen and oxygen atoms in total. The minimum Gasteiger partial charge on any atom is -0.494 e. The van der Waals surface area contributed by atoms with E-state index in [1.807, 2.05) is 38.1 Å². The number of fused-ring (bicyclic) bond motifs is 1. The molecule has 0 radical (unpaired) electrons. The van der Waals surface area contributed by atoms with E-state index in [2.05, 4.69) is 29.1 Å². The number of ether oxygens (including phenoxy) is 1. The molecule has 3 aliphatic heterocycles. The maximum atomic E-state index is 14.8. The molecular weight excluding hydrogens is 678 g/mol. The third-order valence-corrected chi connectivity index (χ3v) is 12.6. The molecule has 3 fully saturated rings. The second-order valence-electron chi connectivity index (χ2n) is 11.5. The van der Waals surface area contributed by atoms with Gasteiger partial charge in [-0.05, 0) is 56.2 Å². The molecule has 0 aliphatic carbocycles. The van der Waals surface area contributed by atoms with Crippen LogP contribution in [-0.4, -0.2) is 80.9 Å². The van der Waals surface area contributed by atoms with Crippen molar-refractivity contribution in [3.05, 3.63) is 78.9 Å². The zero-order valence-corrected chi connectivity index (χ0v) is 28.6. The van der Waals surface area contributed by atoms with Crippen molar-refractivity contribution in [2.24, 2.45) is 11.8 Å². The first-order valence-corrected chi connectivity index (χ1v) is 17.4. The lowest BCUT2D eigenvalue weighted by atomic mass is 9.70. The molecule has 1 N–H and O–H groups in total. The molecule has 3 amide bonds. The number of nitrogens with zero attached hydrogens (tertiary/aromatic N) is 3. The molecule has 3 aliphatic rings. The topological polar surface area (TPSA) is 90.4 Å². The number of amides is 3. The number of likely N-dealkylation sites (tertiary alicyclic amines) is 1. The number of carbonyl (C=O) groups is 3. The van der Waals surface area contributed by atoms with Crippen molar-refractivity contribution in [2.75, 3.05) is 36.1 Å². The molecule has 1 spiro atoms. The number of para-hydroxylation sites is 1. The van der Waals surface area contributed by atoms with Gasteiger partial charge in [-0.1, -0.05) is 58.7 Å². The fourth-order valence-corrected chi connectivity index (χ4v) is 11.0. The molecule has 5 rings (SSSR count). The fraction of sp³-hybridized carbons (Fsp3) is 0.441. The summed E-state index contributed by atoms with van der Waals surface area (Å²) in [6.45, 7) is 12.2. The van der Waals surface area contributed by atoms with Crippen LogP contribution in [0, 0.1) is 11.8 Å². The first-order chi connectivity index (χ1) is 21.7. The molecule has 3 saturated heterocycles. The van der Waals surface area contributed by atoms with Gasteiger partial charge in [-0.2, -0.15) is 0 Å². The van der Waals surface area contributed by atoms with E-state index in [4.69, 9.17) is 16.3 Å². The molecule has 0 aromatic heterocycles. The number of anilines is 2. The van der Waals surface area contributed by atoms with Crippen molar-refractivity contribution >= 4 is 68.4 Å². The monoisotopic (exact) mass is 715 g/mol. The number of rotatable bonds is 13. The van der Waals surface area contributed by atoms with E-state index in [1.165, 1.54) is 0 Å². The van der Waals surface area contributed by atoms with Gasteiger partial charge in [0.25, 0.3) is 5.91 Å². The standard InChI is InChI=1S/C34H39BrClN3O5S/c1-5-17-37(22-13-15-23(16-14-22)44-8-4)31(41)27-28-32(42)39(21(7-3)20-40)30(34(28)19-24(35)29(27)45-34)33(43)38(18-6-2)26-12-10-9-11-25(26)36/h5-6,9-16,21,24,27-30,40H,1-2,7-8,17-20H2,3-4H3/t21-,24?,27-,28-,29-,30?,34?/m0/s1. The van der Waals surface area contributed by atoms with E-state index in [9.17, 15) is 19.5 Å². The van der Waals surface area contributed by atoms with Crippen molar-refractivity contribution in [1.29, 1.82) is 0 Å². The van der Waals surface area contributed by atoms with Crippen molar-refractivity contribution in [1.82, 2.24) is 4.90 Å². The molecule has 240 valence electrons. The van der Waals surface area contributed by atoms with E-state index >= 15 is 0 Å². The van der Waals surface area contributed by atoms with Gasteiger partial charge in [0.2, 0.25) is 11.8 Å². The van der Waals surface area contributed by atoms with Gasteiger partial charge in [-0.15, -0.1) is 24.9 Å². The second-order valence-corrected chi connectivity index (χ2v) is 14.6. The maximum Gasteiger partial charge on any atom is 0.251 e. The van der Waals surface area contributed by atoms with Crippen molar-refractivity contribution in [3.63, 3.8) is 0 Å². The third-order valence-electron chi connectivity index (χ3n) is 9.08. The number of halogens is 2. The summed E-state index contributed by atoms with van der Waals surface area (Å²) in [5.41, 5.74) is 1.19. The Morgan fingerprint density at radius 2 is 1.80 bits per heavy atom. The van der Waals surface area contributed by atoms with Crippen molar-refractivity contribution in [2.45, 2.75) is 53.6 Å². The number of alkyl halides is 1. The average molecular weight is 717 g/mol. The summed E-state index contributed by atoms with van der Waals surface area (Å²) < 4.78 is 4.70.